The summed E-state index contributed by atoms with van der Waals surface area (Å²) in [5, 5.41) is 19.6. The molecule has 0 aliphatic carbocycles. The topological polar surface area (TPSA) is 149 Å². The number of anilines is 1. The summed E-state index contributed by atoms with van der Waals surface area (Å²) in [5.74, 6) is -0.0963. The highest BCUT2D eigenvalue weighted by molar-refractivity contribution is 5.69. The van der Waals surface area contributed by atoms with E-state index >= 15 is 0 Å². The first-order valence-electron chi connectivity index (χ1n) is 6.37. The Labute approximate surface area is 117 Å². The van der Waals surface area contributed by atoms with Crippen molar-refractivity contribution in [2.24, 2.45) is 0 Å². The second kappa shape index (κ2) is 4.01. The van der Waals surface area contributed by atoms with Crippen molar-refractivity contribution in [3.63, 3.8) is 0 Å². The lowest BCUT2D eigenvalue weighted by Gasteiger charge is -2.29. The average Bonchev–Trinajstić information content (AvgIpc) is 3.12. The summed E-state index contributed by atoms with van der Waals surface area (Å²) < 4.78 is 12.2. The van der Waals surface area contributed by atoms with Gasteiger partial charge in [-0.2, -0.15) is 4.98 Å². The fraction of sp³-hybridized carbons (Fsp3) is 0.545. The molecular formula is C11H13N5O5. The third-order valence-corrected chi connectivity index (χ3v) is 4.05. The van der Waals surface area contributed by atoms with Crippen LogP contribution in [-0.2, 0) is 9.47 Å². The minimum absolute atomic E-state index is 0.0558. The summed E-state index contributed by atoms with van der Waals surface area (Å²) in [4.78, 5) is 23.0. The minimum atomic E-state index is -1.23. The number of aliphatic hydroxyl groups excluding tert-OH is 2. The van der Waals surface area contributed by atoms with Gasteiger partial charge in [-0.3, -0.25) is 4.79 Å². The lowest BCUT2D eigenvalue weighted by molar-refractivity contribution is -0.186. The summed E-state index contributed by atoms with van der Waals surface area (Å²) in [6.07, 6.45) is -1.45. The van der Waals surface area contributed by atoms with Gasteiger partial charge in [-0.25, -0.2) is 9.55 Å². The van der Waals surface area contributed by atoms with E-state index in [-0.39, 0.29) is 23.7 Å². The number of aromatic nitrogens is 4. The number of imidazole rings is 1. The lowest BCUT2D eigenvalue weighted by atomic mass is 10.0. The van der Waals surface area contributed by atoms with E-state index in [9.17, 15) is 15.0 Å². The van der Waals surface area contributed by atoms with E-state index in [4.69, 9.17) is 15.2 Å². The maximum atomic E-state index is 12.5. The van der Waals surface area contributed by atoms with Crippen LogP contribution in [0.4, 0.5) is 5.95 Å². The molecule has 10 nitrogen and oxygen atoms in total. The molecule has 2 saturated heterocycles. The van der Waals surface area contributed by atoms with Gasteiger partial charge in [0.05, 0.1) is 19.5 Å². The molecule has 4 rings (SSSR count). The van der Waals surface area contributed by atoms with Crippen LogP contribution >= 0.6 is 0 Å². The van der Waals surface area contributed by atoms with Gasteiger partial charge >= 0.3 is 0 Å². The molecule has 21 heavy (non-hydrogen) atoms. The van der Waals surface area contributed by atoms with Crippen molar-refractivity contribution in [1.82, 2.24) is 19.5 Å². The number of aromatic amines is 1. The standard InChI is InChI=1S/C11H13N5O5/c12-10-15-7-4(13-3-14-7)8(19)16(10)9-5-6(18)11(1-17,21-9)2-20-5/h3,5-6,9,17-18H,1-2H2,(H2,12,15)(H,13,14). The number of hydrogen-bond acceptors (Lipinski definition) is 8. The molecule has 2 fully saturated rings. The van der Waals surface area contributed by atoms with Crippen molar-refractivity contribution in [3.8, 4) is 0 Å². The van der Waals surface area contributed by atoms with Crippen LogP contribution in [0.2, 0.25) is 0 Å². The molecule has 0 radical (unpaired) electrons. The van der Waals surface area contributed by atoms with E-state index in [2.05, 4.69) is 15.0 Å². The molecule has 0 aromatic carbocycles. The molecule has 2 aliphatic heterocycles. The molecule has 10 heteroatoms. The van der Waals surface area contributed by atoms with Gasteiger partial charge in [0.25, 0.3) is 5.56 Å². The van der Waals surface area contributed by atoms with Crippen LogP contribution in [0.3, 0.4) is 0 Å². The van der Waals surface area contributed by atoms with Gasteiger partial charge in [0, 0.05) is 0 Å². The number of ether oxygens (including phenoxy) is 2. The third kappa shape index (κ3) is 1.47. The molecule has 4 heterocycles. The van der Waals surface area contributed by atoms with Crippen LogP contribution in [0.1, 0.15) is 6.23 Å². The maximum Gasteiger partial charge on any atom is 0.283 e. The number of nitrogens with two attached hydrogens (primary N) is 1. The zero-order valence-corrected chi connectivity index (χ0v) is 10.8. The number of rotatable bonds is 2. The van der Waals surface area contributed by atoms with Gasteiger partial charge in [-0.1, -0.05) is 0 Å². The zero-order valence-electron chi connectivity index (χ0n) is 10.8. The highest BCUT2D eigenvalue weighted by atomic mass is 16.7. The minimum Gasteiger partial charge on any atom is -0.393 e. The summed E-state index contributed by atoms with van der Waals surface area (Å²) in [5.41, 5.74) is 4.49. The molecule has 2 bridgehead atoms. The molecule has 0 spiro atoms. The largest absolute Gasteiger partial charge is 0.393 e. The fourth-order valence-electron chi connectivity index (χ4n) is 2.90. The average molecular weight is 295 g/mol. The molecule has 0 amide bonds. The smallest absolute Gasteiger partial charge is 0.283 e. The van der Waals surface area contributed by atoms with E-state index in [1.807, 2.05) is 0 Å². The Bertz CT molecular complexity index is 772. The van der Waals surface area contributed by atoms with Gasteiger partial charge in [0.2, 0.25) is 5.95 Å². The van der Waals surface area contributed by atoms with Crippen molar-refractivity contribution in [3.05, 3.63) is 16.7 Å². The van der Waals surface area contributed by atoms with Crippen LogP contribution in [0.5, 0.6) is 0 Å². The van der Waals surface area contributed by atoms with Crippen molar-refractivity contribution in [1.29, 1.82) is 0 Å². The Kier molecular flexibility index (Phi) is 2.43. The van der Waals surface area contributed by atoms with Crippen LogP contribution in [-0.4, -0.2) is 60.8 Å². The van der Waals surface area contributed by atoms with Crippen molar-refractivity contribution < 1.29 is 19.7 Å². The summed E-state index contributed by atoms with van der Waals surface area (Å²) in [6.45, 7) is -0.365. The van der Waals surface area contributed by atoms with Crippen LogP contribution < -0.4 is 11.3 Å². The third-order valence-electron chi connectivity index (χ3n) is 4.05. The quantitative estimate of drug-likeness (QED) is 0.484. The Morgan fingerprint density at radius 2 is 2.43 bits per heavy atom. The first-order chi connectivity index (χ1) is 10.1. The first-order valence-corrected chi connectivity index (χ1v) is 6.37. The van der Waals surface area contributed by atoms with E-state index in [1.165, 1.54) is 6.33 Å². The van der Waals surface area contributed by atoms with Crippen molar-refractivity contribution >= 4 is 17.1 Å². The molecule has 112 valence electrons. The molecular weight excluding hydrogens is 282 g/mol. The molecule has 2 aromatic heterocycles. The van der Waals surface area contributed by atoms with Crippen LogP contribution in [0.15, 0.2) is 11.1 Å². The number of nitrogen functional groups attached to an aromatic ring is 1. The summed E-state index contributed by atoms with van der Waals surface area (Å²) >= 11 is 0. The first kappa shape index (κ1) is 12.7. The molecule has 5 N–H and O–H groups in total. The predicted molar refractivity (Wildman–Crippen MR) is 68.2 cm³/mol. The predicted octanol–water partition coefficient (Wildman–Crippen LogP) is -2.28. The normalized spacial score (nSPS) is 34.9. The number of H-pyrrole nitrogens is 1. The lowest BCUT2D eigenvalue weighted by Crippen LogP contribution is -2.44. The van der Waals surface area contributed by atoms with Gasteiger partial charge in [0.1, 0.15) is 17.8 Å². The molecule has 2 aromatic rings. The molecule has 4 unspecified atom stereocenters. The van der Waals surface area contributed by atoms with E-state index in [0.717, 1.165) is 4.57 Å². The number of nitrogens with one attached hydrogen (secondary N) is 1. The number of nitrogens with zero attached hydrogens (tertiary/aromatic N) is 3. The van der Waals surface area contributed by atoms with Crippen molar-refractivity contribution in [2.45, 2.75) is 24.0 Å². The number of fused-ring (bicyclic) bond motifs is 3. The zero-order chi connectivity index (χ0) is 14.8. The van der Waals surface area contributed by atoms with Gasteiger partial charge in [-0.05, 0) is 0 Å². The van der Waals surface area contributed by atoms with Crippen LogP contribution in [0.25, 0.3) is 11.2 Å². The fourth-order valence-corrected chi connectivity index (χ4v) is 2.90. The Hall–Kier alpha value is -2.01. The Balaban J connectivity index is 1.87. The highest BCUT2D eigenvalue weighted by Gasteiger charge is 2.62. The summed E-state index contributed by atoms with van der Waals surface area (Å²) in [7, 11) is 0. The van der Waals surface area contributed by atoms with E-state index in [1.54, 1.807) is 0 Å². The summed E-state index contributed by atoms with van der Waals surface area (Å²) in [6, 6.07) is 0. The highest BCUT2D eigenvalue weighted by Crippen LogP contribution is 2.44. The molecule has 4 atom stereocenters. The van der Waals surface area contributed by atoms with E-state index in [0.29, 0.717) is 0 Å². The SMILES string of the molecule is Nc1nc2nc[nH]c2c(=O)n1C1OC2(CO)COC1C2O. The van der Waals surface area contributed by atoms with Gasteiger partial charge in [-0.15, -0.1) is 0 Å². The Morgan fingerprint density at radius 1 is 1.62 bits per heavy atom. The second-order valence-electron chi connectivity index (χ2n) is 5.20. The van der Waals surface area contributed by atoms with Gasteiger partial charge < -0.3 is 30.4 Å². The van der Waals surface area contributed by atoms with Crippen molar-refractivity contribution in [2.75, 3.05) is 18.9 Å². The Morgan fingerprint density at radius 3 is 3.14 bits per heavy atom. The van der Waals surface area contributed by atoms with Crippen LogP contribution in [0, 0.1) is 0 Å². The van der Waals surface area contributed by atoms with E-state index < -0.39 is 36.2 Å². The molecule has 2 aliphatic rings. The molecule has 0 saturated carbocycles. The number of aliphatic hydroxyl groups is 2. The van der Waals surface area contributed by atoms with Gasteiger partial charge in [0.15, 0.2) is 17.4 Å². The number of hydrogen-bond donors (Lipinski definition) is 4. The monoisotopic (exact) mass is 295 g/mol. The maximum absolute atomic E-state index is 12.5. The second-order valence-corrected chi connectivity index (χ2v) is 5.20.